The van der Waals surface area contributed by atoms with Gasteiger partial charge in [0.1, 0.15) is 5.82 Å². The van der Waals surface area contributed by atoms with Crippen molar-refractivity contribution in [1.82, 2.24) is 14.8 Å². The molecule has 1 atom stereocenters. The highest BCUT2D eigenvalue weighted by Gasteiger charge is 2.15. The Balaban J connectivity index is 2.16. The molecule has 0 aliphatic rings. The van der Waals surface area contributed by atoms with E-state index in [4.69, 9.17) is 5.73 Å². The summed E-state index contributed by atoms with van der Waals surface area (Å²) in [5.74, 6) is 0.920. The molecule has 0 aliphatic heterocycles. The number of hydrogen-bond acceptors (Lipinski definition) is 5. The second-order valence-electron chi connectivity index (χ2n) is 3.49. The van der Waals surface area contributed by atoms with Crippen LogP contribution in [0.4, 0.5) is 0 Å². The van der Waals surface area contributed by atoms with E-state index in [1.807, 2.05) is 18.5 Å². The molecule has 1 unspecified atom stereocenters. The number of thiophene rings is 1. The molecule has 0 spiro atoms. The Morgan fingerprint density at radius 2 is 2.38 bits per heavy atom. The lowest BCUT2D eigenvalue weighted by atomic mass is 10.2. The minimum absolute atomic E-state index is 0.258. The third-order valence-electron chi connectivity index (χ3n) is 2.43. The highest BCUT2D eigenvalue weighted by Crippen LogP contribution is 2.34. The average molecular weight is 254 g/mol. The summed E-state index contributed by atoms with van der Waals surface area (Å²) in [5.41, 5.74) is 7.06. The van der Waals surface area contributed by atoms with Gasteiger partial charge in [-0.25, -0.2) is 0 Å². The van der Waals surface area contributed by atoms with E-state index >= 15 is 0 Å². The molecular weight excluding hydrogens is 240 g/mol. The van der Waals surface area contributed by atoms with E-state index in [0.717, 1.165) is 11.0 Å². The predicted octanol–water partition coefficient (Wildman–Crippen LogP) is 1.98. The minimum atomic E-state index is 0.258. The third kappa shape index (κ3) is 2.28. The number of rotatable bonds is 4. The lowest BCUT2D eigenvalue weighted by Gasteiger charge is -2.11. The summed E-state index contributed by atoms with van der Waals surface area (Å²) < 4.78 is 1.99. The van der Waals surface area contributed by atoms with Crippen LogP contribution in [-0.4, -0.2) is 21.3 Å². The van der Waals surface area contributed by atoms with Gasteiger partial charge in [-0.3, -0.25) is 0 Å². The molecule has 16 heavy (non-hydrogen) atoms. The molecule has 4 nitrogen and oxygen atoms in total. The number of thioether (sulfide) groups is 1. The number of nitrogens with zero attached hydrogens (tertiary/aromatic N) is 3. The number of hydrogen-bond donors (Lipinski definition) is 1. The van der Waals surface area contributed by atoms with Gasteiger partial charge in [0.15, 0.2) is 5.16 Å². The van der Waals surface area contributed by atoms with E-state index in [1.165, 1.54) is 5.56 Å². The van der Waals surface area contributed by atoms with Crippen LogP contribution < -0.4 is 5.73 Å². The minimum Gasteiger partial charge on any atom is -0.329 e. The molecule has 0 bridgehead atoms. The fourth-order valence-electron chi connectivity index (χ4n) is 1.33. The topological polar surface area (TPSA) is 56.7 Å². The first-order valence-corrected chi connectivity index (χ1v) is 6.79. The van der Waals surface area contributed by atoms with Crippen molar-refractivity contribution in [1.29, 1.82) is 0 Å². The molecule has 6 heteroatoms. The molecule has 0 radical (unpaired) electrons. The quantitative estimate of drug-likeness (QED) is 0.848. The SMILES string of the molecule is Cc1nnc(SC(CN)c2ccsc2)n1C. The van der Waals surface area contributed by atoms with E-state index in [1.54, 1.807) is 23.1 Å². The second kappa shape index (κ2) is 4.99. The largest absolute Gasteiger partial charge is 0.329 e. The van der Waals surface area contributed by atoms with Gasteiger partial charge < -0.3 is 10.3 Å². The highest BCUT2D eigenvalue weighted by atomic mass is 32.2. The standard InChI is InChI=1S/C10H14N4S2/c1-7-12-13-10(14(7)2)16-9(5-11)8-3-4-15-6-8/h3-4,6,9H,5,11H2,1-2H3. The van der Waals surface area contributed by atoms with Crippen LogP contribution >= 0.6 is 23.1 Å². The number of aryl methyl sites for hydroxylation is 1. The first-order valence-electron chi connectivity index (χ1n) is 4.97. The molecule has 2 aromatic heterocycles. The lowest BCUT2D eigenvalue weighted by Crippen LogP contribution is -2.09. The summed E-state index contributed by atoms with van der Waals surface area (Å²) >= 11 is 3.36. The van der Waals surface area contributed by atoms with Crippen LogP contribution in [0.15, 0.2) is 22.0 Å². The summed E-state index contributed by atoms with van der Waals surface area (Å²) in [7, 11) is 1.97. The molecule has 2 heterocycles. The third-order valence-corrected chi connectivity index (χ3v) is 4.45. The van der Waals surface area contributed by atoms with Crippen LogP contribution in [-0.2, 0) is 7.05 Å². The smallest absolute Gasteiger partial charge is 0.191 e. The monoisotopic (exact) mass is 254 g/mol. The van der Waals surface area contributed by atoms with Gasteiger partial charge >= 0.3 is 0 Å². The molecule has 2 N–H and O–H groups in total. The van der Waals surface area contributed by atoms with Gasteiger partial charge in [0.05, 0.1) is 5.25 Å². The molecule has 0 saturated heterocycles. The molecular formula is C10H14N4S2. The molecule has 86 valence electrons. The Hall–Kier alpha value is -0.850. The normalized spacial score (nSPS) is 12.9. The molecule has 0 saturated carbocycles. The maximum Gasteiger partial charge on any atom is 0.191 e. The number of nitrogens with two attached hydrogens (primary N) is 1. The molecule has 2 aromatic rings. The van der Waals surface area contributed by atoms with Gasteiger partial charge in [-0.1, -0.05) is 11.8 Å². The zero-order valence-corrected chi connectivity index (χ0v) is 10.9. The van der Waals surface area contributed by atoms with Crippen molar-refractivity contribution < 1.29 is 0 Å². The first kappa shape index (κ1) is 11.6. The van der Waals surface area contributed by atoms with E-state index < -0.39 is 0 Å². The molecule has 0 amide bonds. The van der Waals surface area contributed by atoms with Crippen molar-refractivity contribution in [3.8, 4) is 0 Å². The first-order chi connectivity index (χ1) is 7.72. The fourth-order valence-corrected chi connectivity index (χ4v) is 3.14. The maximum atomic E-state index is 5.80. The Kier molecular flexibility index (Phi) is 3.63. The summed E-state index contributed by atoms with van der Waals surface area (Å²) in [6.07, 6.45) is 0. The van der Waals surface area contributed by atoms with Crippen LogP contribution in [0.1, 0.15) is 16.6 Å². The van der Waals surface area contributed by atoms with Crippen molar-refractivity contribution in [3.05, 3.63) is 28.2 Å². The zero-order chi connectivity index (χ0) is 11.5. The molecule has 0 fully saturated rings. The van der Waals surface area contributed by atoms with Crippen LogP contribution in [0, 0.1) is 6.92 Å². The predicted molar refractivity (Wildman–Crippen MR) is 67.7 cm³/mol. The van der Waals surface area contributed by atoms with Gasteiger partial charge in [-0.15, -0.1) is 10.2 Å². The Morgan fingerprint density at radius 3 is 2.88 bits per heavy atom. The van der Waals surface area contributed by atoms with E-state index in [0.29, 0.717) is 6.54 Å². The molecule has 0 aliphatic carbocycles. The summed E-state index contributed by atoms with van der Waals surface area (Å²) in [6.45, 7) is 2.55. The van der Waals surface area contributed by atoms with E-state index in [-0.39, 0.29) is 5.25 Å². The van der Waals surface area contributed by atoms with Crippen molar-refractivity contribution in [2.75, 3.05) is 6.54 Å². The van der Waals surface area contributed by atoms with Gasteiger partial charge in [-0.2, -0.15) is 11.3 Å². The molecule has 0 aromatic carbocycles. The number of aromatic nitrogens is 3. The Bertz CT molecular complexity index is 449. The maximum absolute atomic E-state index is 5.80. The van der Waals surface area contributed by atoms with Crippen LogP contribution in [0.25, 0.3) is 0 Å². The van der Waals surface area contributed by atoms with Crippen molar-refractivity contribution in [2.45, 2.75) is 17.3 Å². The average Bonchev–Trinajstić information content (AvgIpc) is 2.90. The highest BCUT2D eigenvalue weighted by molar-refractivity contribution is 7.99. The van der Waals surface area contributed by atoms with Crippen LogP contribution in [0.3, 0.4) is 0 Å². The van der Waals surface area contributed by atoms with E-state index in [2.05, 4.69) is 27.0 Å². The Morgan fingerprint density at radius 1 is 1.56 bits per heavy atom. The summed E-state index contributed by atoms with van der Waals surface area (Å²) in [5, 5.41) is 13.6. The van der Waals surface area contributed by atoms with Crippen molar-refractivity contribution in [2.24, 2.45) is 12.8 Å². The van der Waals surface area contributed by atoms with Gasteiger partial charge in [0.25, 0.3) is 0 Å². The van der Waals surface area contributed by atoms with Gasteiger partial charge in [0, 0.05) is 13.6 Å². The zero-order valence-electron chi connectivity index (χ0n) is 9.25. The fraction of sp³-hybridized carbons (Fsp3) is 0.400. The summed E-state index contributed by atoms with van der Waals surface area (Å²) in [6, 6.07) is 2.11. The van der Waals surface area contributed by atoms with Crippen molar-refractivity contribution >= 4 is 23.1 Å². The Labute approximate surface area is 103 Å². The molecule has 2 rings (SSSR count). The van der Waals surface area contributed by atoms with Crippen LogP contribution in [0.2, 0.25) is 0 Å². The summed E-state index contributed by atoms with van der Waals surface area (Å²) in [4.78, 5) is 0. The van der Waals surface area contributed by atoms with Crippen molar-refractivity contribution in [3.63, 3.8) is 0 Å². The second-order valence-corrected chi connectivity index (χ2v) is 5.44. The lowest BCUT2D eigenvalue weighted by molar-refractivity contribution is 0.760. The van der Waals surface area contributed by atoms with E-state index in [9.17, 15) is 0 Å². The van der Waals surface area contributed by atoms with Crippen LogP contribution in [0.5, 0.6) is 0 Å². The van der Waals surface area contributed by atoms with Gasteiger partial charge in [0.2, 0.25) is 0 Å². The van der Waals surface area contributed by atoms with Gasteiger partial charge in [-0.05, 0) is 29.3 Å².